The summed E-state index contributed by atoms with van der Waals surface area (Å²) in [5.74, 6) is 0.236. The molecule has 4 aromatic carbocycles. The lowest BCUT2D eigenvalue weighted by Crippen LogP contribution is -2.40. The molecule has 2 heterocycles. The van der Waals surface area contributed by atoms with Gasteiger partial charge >= 0.3 is 0 Å². The third-order valence-corrected chi connectivity index (χ3v) is 8.42. The van der Waals surface area contributed by atoms with E-state index in [0.29, 0.717) is 16.8 Å². The Bertz CT molecular complexity index is 1530. The van der Waals surface area contributed by atoms with E-state index < -0.39 is 0 Å². The number of amides is 2. The van der Waals surface area contributed by atoms with Gasteiger partial charge in [0.2, 0.25) is 0 Å². The fourth-order valence-electron chi connectivity index (χ4n) is 4.08. The number of hydrogen-bond donors (Lipinski definition) is 0. The van der Waals surface area contributed by atoms with Crippen molar-refractivity contribution in [1.29, 1.82) is 0 Å². The molecule has 0 atom stereocenters. The average molecular weight is 531 g/mol. The van der Waals surface area contributed by atoms with Gasteiger partial charge < -0.3 is 0 Å². The van der Waals surface area contributed by atoms with E-state index in [9.17, 15) is 9.59 Å². The Kier molecular flexibility index (Phi) is 5.05. The second kappa shape index (κ2) is 8.09. The molecule has 2 amide bonds. The Morgan fingerprint density at radius 1 is 0.879 bits per heavy atom. The molecule has 0 saturated heterocycles. The predicted molar refractivity (Wildman–Crippen MR) is 138 cm³/mol. The lowest BCUT2D eigenvalue weighted by atomic mass is 9.94. The number of carbonyl (C=O) groups excluding carboxylic acids is 2. The highest BCUT2D eigenvalue weighted by atomic mass is 79.9. The molecular formula is C26H15BrN2O2S2. The molecule has 4 nitrogen and oxygen atoms in total. The number of fused-ring (bicyclic) bond motifs is 1. The fourth-order valence-corrected chi connectivity index (χ4v) is 6.41. The summed E-state index contributed by atoms with van der Waals surface area (Å²) in [6.07, 6.45) is 0. The quantitative estimate of drug-likeness (QED) is 0.180. The molecule has 160 valence electrons. The number of benzene rings is 4. The smallest absolute Gasteiger partial charge is 0.265 e. The normalized spacial score (nSPS) is 13.3. The minimum atomic E-state index is -0.294. The van der Waals surface area contributed by atoms with Crippen molar-refractivity contribution in [2.24, 2.45) is 0 Å². The van der Waals surface area contributed by atoms with Crippen molar-refractivity contribution in [2.45, 2.75) is 10.1 Å². The van der Waals surface area contributed by atoms with Crippen LogP contribution in [0.2, 0.25) is 0 Å². The van der Waals surface area contributed by atoms with Crippen molar-refractivity contribution >= 4 is 77.5 Å². The molecule has 1 aliphatic rings. The summed E-state index contributed by atoms with van der Waals surface area (Å²) in [6.45, 7) is 0. The van der Waals surface area contributed by atoms with Gasteiger partial charge in [0.1, 0.15) is 0 Å². The molecule has 33 heavy (non-hydrogen) atoms. The van der Waals surface area contributed by atoms with E-state index >= 15 is 0 Å². The number of halogens is 1. The molecule has 0 bridgehead atoms. The number of aromatic nitrogens is 1. The molecule has 0 saturated carbocycles. The van der Waals surface area contributed by atoms with Crippen LogP contribution in [-0.2, 0) is 5.75 Å². The summed E-state index contributed by atoms with van der Waals surface area (Å²) in [4.78, 5) is 32.7. The van der Waals surface area contributed by atoms with Gasteiger partial charge in [-0.3, -0.25) is 9.59 Å². The first-order chi connectivity index (χ1) is 16.1. The molecule has 1 aromatic heterocycles. The van der Waals surface area contributed by atoms with Crippen molar-refractivity contribution in [3.05, 3.63) is 100 Å². The van der Waals surface area contributed by atoms with Gasteiger partial charge in [0.05, 0.1) is 15.9 Å². The van der Waals surface area contributed by atoms with Gasteiger partial charge in [-0.15, -0.1) is 11.3 Å². The number of hydrogen-bond acceptors (Lipinski definition) is 5. The number of thiazole rings is 1. The maximum absolute atomic E-state index is 13.3. The van der Waals surface area contributed by atoms with E-state index in [2.05, 4.69) is 28.1 Å². The van der Waals surface area contributed by atoms with Crippen molar-refractivity contribution < 1.29 is 9.59 Å². The van der Waals surface area contributed by atoms with E-state index in [1.165, 1.54) is 10.5 Å². The van der Waals surface area contributed by atoms with Gasteiger partial charge in [0.15, 0.2) is 4.34 Å². The number of nitrogens with zero attached hydrogens (tertiary/aromatic N) is 2. The topological polar surface area (TPSA) is 50.3 Å². The maximum Gasteiger partial charge on any atom is 0.265 e. The minimum absolute atomic E-state index is 0.294. The van der Waals surface area contributed by atoms with Gasteiger partial charge in [-0.05, 0) is 53.4 Å². The third kappa shape index (κ3) is 3.57. The second-order valence-corrected chi connectivity index (χ2v) is 10.9. The number of imide groups is 1. The number of carbonyl (C=O) groups is 2. The average Bonchev–Trinajstić information content (AvgIpc) is 3.24. The van der Waals surface area contributed by atoms with Crippen LogP contribution in [0.3, 0.4) is 0 Å². The van der Waals surface area contributed by atoms with Crippen molar-refractivity contribution in [3.63, 3.8) is 0 Å². The Balaban J connectivity index is 1.33. The number of anilines is 1. The van der Waals surface area contributed by atoms with Gasteiger partial charge in [-0.25, -0.2) is 9.88 Å². The van der Waals surface area contributed by atoms with Crippen LogP contribution in [0.15, 0.2) is 87.7 Å². The Morgan fingerprint density at radius 2 is 1.58 bits per heavy atom. The minimum Gasteiger partial charge on any atom is -0.268 e. The molecule has 0 spiro atoms. The van der Waals surface area contributed by atoms with Crippen LogP contribution in [-0.4, -0.2) is 16.8 Å². The predicted octanol–water partition coefficient (Wildman–Crippen LogP) is 7.30. The standard InChI is InChI=1S/C26H15BrN2O2S2/c27-17-9-7-15(8-10-17)14-32-26-28-21-12-11-18(13-22(21)33-26)29-24(30)19-5-1-3-16-4-2-6-20(23(16)19)25(29)31/h1-13H,14H2. The molecule has 0 radical (unpaired) electrons. The molecule has 0 N–H and O–H groups in total. The monoisotopic (exact) mass is 530 g/mol. The first-order valence-corrected chi connectivity index (χ1v) is 12.9. The largest absolute Gasteiger partial charge is 0.268 e. The lowest BCUT2D eigenvalue weighted by molar-refractivity contribution is 0.0893. The van der Waals surface area contributed by atoms with Gasteiger partial charge in [-0.1, -0.05) is 64.1 Å². The Morgan fingerprint density at radius 3 is 2.27 bits per heavy atom. The molecule has 0 aliphatic carbocycles. The first-order valence-electron chi connectivity index (χ1n) is 10.3. The summed E-state index contributed by atoms with van der Waals surface area (Å²) in [7, 11) is 0. The first kappa shape index (κ1) is 20.6. The molecule has 0 fully saturated rings. The van der Waals surface area contributed by atoms with E-state index in [4.69, 9.17) is 4.98 Å². The van der Waals surface area contributed by atoms with Crippen molar-refractivity contribution in [3.8, 4) is 0 Å². The summed E-state index contributed by atoms with van der Waals surface area (Å²) in [6, 6.07) is 25.0. The van der Waals surface area contributed by atoms with E-state index in [-0.39, 0.29) is 11.8 Å². The van der Waals surface area contributed by atoms with Crippen LogP contribution in [0, 0.1) is 0 Å². The summed E-state index contributed by atoms with van der Waals surface area (Å²) >= 11 is 6.71. The van der Waals surface area contributed by atoms with Crippen molar-refractivity contribution in [1.82, 2.24) is 4.98 Å². The molecule has 6 rings (SSSR count). The van der Waals surface area contributed by atoms with Crippen LogP contribution in [0.4, 0.5) is 5.69 Å². The fraction of sp³-hybridized carbons (Fsp3) is 0.0385. The molecule has 5 aromatic rings. The summed E-state index contributed by atoms with van der Waals surface area (Å²) in [5.41, 5.74) is 3.76. The van der Waals surface area contributed by atoms with Gasteiger partial charge in [-0.2, -0.15) is 0 Å². The van der Waals surface area contributed by atoms with Gasteiger partial charge in [0.25, 0.3) is 11.8 Å². The highest BCUT2D eigenvalue weighted by Crippen LogP contribution is 2.37. The molecule has 0 unspecified atom stereocenters. The zero-order valence-electron chi connectivity index (χ0n) is 17.1. The van der Waals surface area contributed by atoms with Gasteiger partial charge in [0, 0.05) is 26.7 Å². The van der Waals surface area contributed by atoms with Crippen LogP contribution >= 0.6 is 39.0 Å². The van der Waals surface area contributed by atoms with Crippen LogP contribution < -0.4 is 4.90 Å². The van der Waals surface area contributed by atoms with Crippen molar-refractivity contribution in [2.75, 3.05) is 4.90 Å². The van der Waals surface area contributed by atoms with Crippen LogP contribution in [0.5, 0.6) is 0 Å². The third-order valence-electron chi connectivity index (χ3n) is 5.66. The maximum atomic E-state index is 13.3. The van der Waals surface area contributed by atoms with E-state index in [1.807, 2.05) is 48.5 Å². The summed E-state index contributed by atoms with van der Waals surface area (Å²) < 4.78 is 2.96. The van der Waals surface area contributed by atoms with E-state index in [0.717, 1.165) is 35.6 Å². The Hall–Kier alpha value is -3.00. The Labute approximate surface area is 206 Å². The number of thioether (sulfide) groups is 1. The zero-order valence-corrected chi connectivity index (χ0v) is 20.3. The molecule has 7 heteroatoms. The SMILES string of the molecule is O=C1c2cccc3cccc(c23)C(=O)N1c1ccc2nc(SCc3ccc(Br)cc3)sc2c1. The highest BCUT2D eigenvalue weighted by molar-refractivity contribution is 9.10. The highest BCUT2D eigenvalue weighted by Gasteiger charge is 2.34. The number of rotatable bonds is 4. The second-order valence-electron chi connectivity index (χ2n) is 7.70. The van der Waals surface area contributed by atoms with E-state index in [1.54, 1.807) is 41.3 Å². The lowest BCUT2D eigenvalue weighted by Gasteiger charge is -2.27. The van der Waals surface area contributed by atoms with Crippen LogP contribution in [0.1, 0.15) is 26.3 Å². The van der Waals surface area contributed by atoms with Crippen LogP contribution in [0.25, 0.3) is 21.0 Å². The molecule has 1 aliphatic heterocycles. The zero-order chi connectivity index (χ0) is 22.5. The molecular weight excluding hydrogens is 516 g/mol. The summed E-state index contributed by atoms with van der Waals surface area (Å²) in [5, 5.41) is 1.63.